The Morgan fingerprint density at radius 2 is 1.77 bits per heavy atom. The minimum atomic E-state index is -3.61. The monoisotopic (exact) mass is 478 g/mol. The van der Waals surface area contributed by atoms with Crippen molar-refractivity contribution in [3.63, 3.8) is 0 Å². The summed E-state index contributed by atoms with van der Waals surface area (Å²) >= 11 is 12.0. The fourth-order valence-corrected chi connectivity index (χ4v) is 5.36. The van der Waals surface area contributed by atoms with Crippen molar-refractivity contribution in [2.45, 2.75) is 17.9 Å². The molecule has 2 heterocycles. The van der Waals surface area contributed by atoms with Gasteiger partial charge in [-0.05, 0) is 43.3 Å². The van der Waals surface area contributed by atoms with E-state index in [1.807, 2.05) is 24.0 Å². The third-order valence-corrected chi connectivity index (χ3v) is 7.58. The van der Waals surface area contributed by atoms with Crippen LogP contribution in [0.25, 0.3) is 0 Å². The second kappa shape index (κ2) is 9.00. The van der Waals surface area contributed by atoms with Gasteiger partial charge in [-0.1, -0.05) is 35.3 Å². The predicted octanol–water partition coefficient (Wildman–Crippen LogP) is 4.48. The molecule has 1 atom stereocenters. The zero-order valence-corrected chi connectivity index (χ0v) is 19.0. The quantitative estimate of drug-likeness (QED) is 0.538. The molecule has 0 bridgehead atoms. The Kier molecular flexibility index (Phi) is 6.34. The van der Waals surface area contributed by atoms with Crippen LogP contribution < -0.4 is 9.64 Å². The van der Waals surface area contributed by atoms with E-state index in [9.17, 15) is 8.42 Å². The maximum atomic E-state index is 13.0. The average Bonchev–Trinajstić information content (AvgIpc) is 2.76. The number of nitrogens with zero attached hydrogens (tertiary/aromatic N) is 4. The number of aromatic nitrogens is 2. The Morgan fingerprint density at radius 1 is 1.03 bits per heavy atom. The van der Waals surface area contributed by atoms with Crippen molar-refractivity contribution in [1.29, 1.82) is 0 Å². The van der Waals surface area contributed by atoms with Gasteiger partial charge in [0.1, 0.15) is 17.9 Å². The van der Waals surface area contributed by atoms with Crippen LogP contribution in [0.1, 0.15) is 6.92 Å². The molecule has 0 saturated carbocycles. The first-order valence-corrected chi connectivity index (χ1v) is 11.8. The molecular weight excluding hydrogens is 459 g/mol. The molecule has 162 valence electrons. The maximum Gasteiger partial charge on any atom is 0.243 e. The van der Waals surface area contributed by atoms with E-state index in [1.165, 1.54) is 22.8 Å². The van der Waals surface area contributed by atoms with Crippen LogP contribution in [0, 0.1) is 0 Å². The molecule has 0 radical (unpaired) electrons. The van der Waals surface area contributed by atoms with Crippen molar-refractivity contribution >= 4 is 39.0 Å². The number of ether oxygens (including phenoxy) is 1. The predicted molar refractivity (Wildman–Crippen MR) is 121 cm³/mol. The molecular formula is C21H20Cl2N4O3S. The van der Waals surface area contributed by atoms with E-state index in [4.69, 9.17) is 27.9 Å². The van der Waals surface area contributed by atoms with Crippen LogP contribution in [-0.2, 0) is 10.0 Å². The summed E-state index contributed by atoms with van der Waals surface area (Å²) in [5.74, 6) is 1.52. The van der Waals surface area contributed by atoms with Gasteiger partial charge in [0, 0.05) is 36.8 Å². The smallest absolute Gasteiger partial charge is 0.243 e. The molecule has 0 amide bonds. The summed E-state index contributed by atoms with van der Waals surface area (Å²) in [6.45, 7) is 3.17. The first-order valence-electron chi connectivity index (χ1n) is 9.61. The summed E-state index contributed by atoms with van der Waals surface area (Å²) in [6.07, 6.45) is 1.42. The van der Waals surface area contributed by atoms with Crippen molar-refractivity contribution in [2.24, 2.45) is 0 Å². The molecule has 0 spiro atoms. The fraction of sp³-hybridized carbons (Fsp3) is 0.238. The van der Waals surface area contributed by atoms with E-state index in [-0.39, 0.29) is 10.9 Å². The first-order chi connectivity index (χ1) is 14.8. The SMILES string of the molecule is C[C@H]1CN(c2cc(Oc3ccccc3Cl)ncn2)CCN1S(=O)(=O)c1ccc(Cl)cc1. The lowest BCUT2D eigenvalue weighted by Gasteiger charge is -2.39. The molecule has 0 aliphatic carbocycles. The third kappa shape index (κ3) is 4.77. The maximum absolute atomic E-state index is 13.0. The van der Waals surface area contributed by atoms with Gasteiger partial charge in [0.25, 0.3) is 0 Å². The van der Waals surface area contributed by atoms with Gasteiger partial charge in [0.05, 0.1) is 9.92 Å². The van der Waals surface area contributed by atoms with Crippen LogP contribution in [-0.4, -0.2) is 48.4 Å². The summed E-state index contributed by atoms with van der Waals surface area (Å²) in [7, 11) is -3.61. The molecule has 0 unspecified atom stereocenters. The van der Waals surface area contributed by atoms with Gasteiger partial charge in [0.2, 0.25) is 15.9 Å². The number of benzene rings is 2. The summed E-state index contributed by atoms with van der Waals surface area (Å²) in [6, 6.07) is 14.8. The molecule has 7 nitrogen and oxygen atoms in total. The van der Waals surface area contributed by atoms with Crippen molar-refractivity contribution in [3.05, 3.63) is 71.0 Å². The van der Waals surface area contributed by atoms with Gasteiger partial charge in [-0.15, -0.1) is 0 Å². The van der Waals surface area contributed by atoms with E-state index in [2.05, 4.69) is 9.97 Å². The first kappa shape index (κ1) is 21.8. The number of sulfonamides is 1. The number of piperazine rings is 1. The molecule has 3 aromatic rings. The van der Waals surface area contributed by atoms with Crippen LogP contribution in [0.15, 0.2) is 65.8 Å². The van der Waals surface area contributed by atoms with Crippen molar-refractivity contribution in [1.82, 2.24) is 14.3 Å². The van der Waals surface area contributed by atoms with E-state index in [0.717, 1.165) is 0 Å². The Hall–Kier alpha value is -2.39. The molecule has 10 heteroatoms. The molecule has 31 heavy (non-hydrogen) atoms. The van der Waals surface area contributed by atoms with E-state index in [0.29, 0.717) is 47.1 Å². The number of halogens is 2. The fourth-order valence-electron chi connectivity index (χ4n) is 3.45. The molecule has 4 rings (SSSR count). The Labute approximate surface area is 191 Å². The van der Waals surface area contributed by atoms with E-state index < -0.39 is 10.0 Å². The zero-order chi connectivity index (χ0) is 22.0. The van der Waals surface area contributed by atoms with Gasteiger partial charge < -0.3 is 9.64 Å². The lowest BCUT2D eigenvalue weighted by atomic mass is 10.2. The number of para-hydroxylation sites is 1. The lowest BCUT2D eigenvalue weighted by Crippen LogP contribution is -2.54. The third-order valence-electron chi connectivity index (χ3n) is 4.99. The highest BCUT2D eigenvalue weighted by Crippen LogP contribution is 2.30. The largest absolute Gasteiger partial charge is 0.437 e. The summed E-state index contributed by atoms with van der Waals surface area (Å²) < 4.78 is 33.4. The Bertz CT molecular complexity index is 1180. The summed E-state index contributed by atoms with van der Waals surface area (Å²) in [4.78, 5) is 10.7. The van der Waals surface area contributed by atoms with Crippen LogP contribution in [0.3, 0.4) is 0 Å². The Morgan fingerprint density at radius 3 is 2.48 bits per heavy atom. The zero-order valence-electron chi connectivity index (χ0n) is 16.6. The average molecular weight is 479 g/mol. The minimum absolute atomic E-state index is 0.231. The van der Waals surface area contributed by atoms with Crippen LogP contribution >= 0.6 is 23.2 Å². The molecule has 1 fully saturated rings. The molecule has 1 aromatic heterocycles. The molecule has 1 aliphatic rings. The molecule has 2 aromatic carbocycles. The highest BCUT2D eigenvalue weighted by Gasteiger charge is 2.34. The standard InChI is InChI=1S/C21H20Cl2N4O3S/c1-15-13-26(10-11-27(15)31(28,29)17-8-6-16(22)7-9-17)20-12-21(25-14-24-20)30-19-5-3-2-4-18(19)23/h2-9,12,14-15H,10-11,13H2,1H3/t15-/m0/s1. The summed E-state index contributed by atoms with van der Waals surface area (Å²) in [5.41, 5.74) is 0. The van der Waals surface area contributed by atoms with Crippen molar-refractivity contribution < 1.29 is 13.2 Å². The highest BCUT2D eigenvalue weighted by atomic mass is 35.5. The van der Waals surface area contributed by atoms with Gasteiger partial charge in [-0.2, -0.15) is 4.31 Å². The number of rotatable bonds is 5. The highest BCUT2D eigenvalue weighted by molar-refractivity contribution is 7.89. The van der Waals surface area contributed by atoms with Gasteiger partial charge in [0.15, 0.2) is 0 Å². The van der Waals surface area contributed by atoms with Crippen molar-refractivity contribution in [3.8, 4) is 11.6 Å². The molecule has 0 N–H and O–H groups in total. The van der Waals surface area contributed by atoms with Gasteiger partial charge >= 0.3 is 0 Å². The van der Waals surface area contributed by atoms with E-state index >= 15 is 0 Å². The van der Waals surface area contributed by atoms with Gasteiger partial charge in [-0.3, -0.25) is 0 Å². The van der Waals surface area contributed by atoms with Crippen LogP contribution in [0.4, 0.5) is 5.82 Å². The van der Waals surface area contributed by atoms with E-state index in [1.54, 1.807) is 30.3 Å². The number of hydrogen-bond donors (Lipinski definition) is 0. The minimum Gasteiger partial charge on any atom is -0.437 e. The Balaban J connectivity index is 1.49. The second-order valence-electron chi connectivity index (χ2n) is 7.11. The topological polar surface area (TPSA) is 75.6 Å². The summed E-state index contributed by atoms with van der Waals surface area (Å²) in [5, 5.41) is 0.979. The van der Waals surface area contributed by atoms with Crippen molar-refractivity contribution in [2.75, 3.05) is 24.5 Å². The van der Waals surface area contributed by atoms with Crippen LogP contribution in [0.2, 0.25) is 10.0 Å². The molecule has 1 saturated heterocycles. The normalized spacial score (nSPS) is 17.5. The lowest BCUT2D eigenvalue weighted by molar-refractivity contribution is 0.305. The van der Waals surface area contributed by atoms with Gasteiger partial charge in [-0.25, -0.2) is 18.4 Å². The number of hydrogen-bond acceptors (Lipinski definition) is 6. The second-order valence-corrected chi connectivity index (χ2v) is 9.85. The van der Waals surface area contributed by atoms with Crippen LogP contribution in [0.5, 0.6) is 11.6 Å². The molecule has 1 aliphatic heterocycles. The number of anilines is 1.